The van der Waals surface area contributed by atoms with E-state index in [1.54, 1.807) is 54.3 Å². The number of aromatic nitrogens is 6. The minimum Gasteiger partial charge on any atom is -0.438 e. The van der Waals surface area contributed by atoms with Gasteiger partial charge in [0.1, 0.15) is 28.8 Å². The molecule has 0 radical (unpaired) electrons. The quantitative estimate of drug-likeness (QED) is 0.188. The van der Waals surface area contributed by atoms with Gasteiger partial charge < -0.3 is 19.8 Å². The molecule has 0 unspecified atom stereocenters. The lowest BCUT2D eigenvalue weighted by Crippen LogP contribution is -2.27. The molecule has 0 aliphatic rings. The predicted molar refractivity (Wildman–Crippen MR) is 178 cm³/mol. The molecular formula is C35H25FN8O5. The van der Waals surface area contributed by atoms with Crippen molar-refractivity contribution in [3.63, 3.8) is 0 Å². The summed E-state index contributed by atoms with van der Waals surface area (Å²) in [6, 6.07) is 19.3. The maximum absolute atomic E-state index is 13.3. The van der Waals surface area contributed by atoms with Crippen molar-refractivity contribution in [1.29, 1.82) is 0 Å². The highest BCUT2D eigenvalue weighted by Crippen LogP contribution is 2.44. The van der Waals surface area contributed by atoms with Gasteiger partial charge in [-0.3, -0.25) is 23.6 Å². The van der Waals surface area contributed by atoms with Crippen molar-refractivity contribution in [3.05, 3.63) is 126 Å². The van der Waals surface area contributed by atoms with Crippen LogP contribution in [0.4, 0.5) is 15.8 Å². The monoisotopic (exact) mass is 656 g/mol. The smallest absolute Gasteiger partial charge is 0.267 e. The first-order valence-electron chi connectivity index (χ1n) is 14.8. The second-order valence-electron chi connectivity index (χ2n) is 10.8. The van der Waals surface area contributed by atoms with E-state index in [0.717, 1.165) is 11.6 Å². The SMILES string of the molecule is CC(=O)Nc1cccc(-c2c(-c3cnn(C)c3)oc3ncnc(Oc4ccc(NC(=O)c5cccn(-c6ccc(F)nc6)c5=O)cc4)c23)c1. The van der Waals surface area contributed by atoms with Crippen molar-refractivity contribution < 1.29 is 23.1 Å². The van der Waals surface area contributed by atoms with Crippen LogP contribution >= 0.6 is 0 Å². The van der Waals surface area contributed by atoms with Crippen LogP contribution < -0.4 is 20.9 Å². The molecule has 0 atom stereocenters. The standard InChI is InChI=1S/C35H25FN8O5/c1-20(45)41-24-6-3-5-21(15-24)29-30-33(38-19-39-34(30)49-31(29)22-16-40-43(2)18-22)48-26-11-8-23(9-12-26)42-32(46)27-7-4-14-44(35(27)47)25-10-13-28(36)37-17-25/h3-19H,1-2H3,(H,41,45)(H,42,46). The van der Waals surface area contributed by atoms with Crippen LogP contribution in [0.5, 0.6) is 11.6 Å². The summed E-state index contributed by atoms with van der Waals surface area (Å²) in [6.07, 6.45) is 7.48. The molecule has 0 saturated heterocycles. The summed E-state index contributed by atoms with van der Waals surface area (Å²) in [5.74, 6) is -0.436. The molecule has 0 fully saturated rings. The van der Waals surface area contributed by atoms with E-state index in [1.165, 1.54) is 42.3 Å². The van der Waals surface area contributed by atoms with Gasteiger partial charge in [-0.2, -0.15) is 9.49 Å². The molecule has 5 heterocycles. The first kappa shape index (κ1) is 30.7. The molecule has 0 aliphatic heterocycles. The summed E-state index contributed by atoms with van der Waals surface area (Å²) in [7, 11) is 1.80. The molecule has 49 heavy (non-hydrogen) atoms. The Morgan fingerprint density at radius 3 is 2.47 bits per heavy atom. The lowest BCUT2D eigenvalue weighted by molar-refractivity contribution is -0.114. The number of pyridine rings is 2. The van der Waals surface area contributed by atoms with E-state index in [4.69, 9.17) is 9.15 Å². The van der Waals surface area contributed by atoms with Crippen molar-refractivity contribution >= 4 is 34.3 Å². The number of hydrogen-bond donors (Lipinski definition) is 2. The van der Waals surface area contributed by atoms with Crippen LogP contribution in [0, 0.1) is 5.95 Å². The average molecular weight is 657 g/mol. The highest BCUT2D eigenvalue weighted by Gasteiger charge is 2.24. The Morgan fingerprint density at radius 2 is 1.73 bits per heavy atom. The lowest BCUT2D eigenvalue weighted by Gasteiger charge is -2.10. The number of ether oxygens (including phenoxy) is 1. The largest absolute Gasteiger partial charge is 0.438 e. The van der Waals surface area contributed by atoms with E-state index in [-0.39, 0.29) is 23.1 Å². The number of carbonyl (C=O) groups is 2. The van der Waals surface area contributed by atoms with Gasteiger partial charge in [-0.05, 0) is 66.2 Å². The molecule has 2 aromatic carbocycles. The molecule has 2 amide bonds. The predicted octanol–water partition coefficient (Wildman–Crippen LogP) is 5.98. The Balaban J connectivity index is 1.19. The van der Waals surface area contributed by atoms with Crippen LogP contribution in [0.2, 0.25) is 0 Å². The van der Waals surface area contributed by atoms with Crippen molar-refractivity contribution in [3.8, 4) is 39.8 Å². The van der Waals surface area contributed by atoms with E-state index in [9.17, 15) is 18.8 Å². The summed E-state index contributed by atoms with van der Waals surface area (Å²) < 4.78 is 28.6. The zero-order valence-corrected chi connectivity index (χ0v) is 25.9. The second-order valence-corrected chi connectivity index (χ2v) is 10.8. The molecule has 5 aromatic heterocycles. The van der Waals surface area contributed by atoms with Gasteiger partial charge in [-0.15, -0.1) is 0 Å². The van der Waals surface area contributed by atoms with Crippen LogP contribution in [-0.4, -0.2) is 41.1 Å². The highest BCUT2D eigenvalue weighted by atomic mass is 19.1. The number of aryl methyl sites for hydroxylation is 1. The van der Waals surface area contributed by atoms with Gasteiger partial charge in [0, 0.05) is 43.3 Å². The van der Waals surface area contributed by atoms with Crippen LogP contribution in [0.25, 0.3) is 39.2 Å². The summed E-state index contributed by atoms with van der Waals surface area (Å²) >= 11 is 0. The number of hydrogen-bond acceptors (Lipinski definition) is 9. The zero-order chi connectivity index (χ0) is 34.1. The first-order chi connectivity index (χ1) is 23.7. The minimum absolute atomic E-state index is 0.116. The fourth-order valence-electron chi connectivity index (χ4n) is 5.25. The van der Waals surface area contributed by atoms with E-state index >= 15 is 0 Å². The van der Waals surface area contributed by atoms with Gasteiger partial charge >= 0.3 is 0 Å². The number of anilines is 2. The van der Waals surface area contributed by atoms with Crippen molar-refractivity contribution in [2.45, 2.75) is 6.92 Å². The van der Waals surface area contributed by atoms with Crippen molar-refractivity contribution in [2.24, 2.45) is 7.05 Å². The summed E-state index contributed by atoms with van der Waals surface area (Å²) in [5, 5.41) is 10.3. The molecular weight excluding hydrogens is 631 g/mol. The van der Waals surface area contributed by atoms with E-state index < -0.39 is 17.4 Å². The Kier molecular flexibility index (Phi) is 7.94. The molecule has 13 nitrogen and oxygen atoms in total. The third-order valence-corrected chi connectivity index (χ3v) is 7.40. The van der Waals surface area contributed by atoms with Gasteiger partial charge in [-0.1, -0.05) is 12.1 Å². The number of fused-ring (bicyclic) bond motifs is 1. The van der Waals surface area contributed by atoms with Gasteiger partial charge in [0.15, 0.2) is 0 Å². The first-order valence-corrected chi connectivity index (χ1v) is 14.8. The lowest BCUT2D eigenvalue weighted by atomic mass is 10.0. The number of halogens is 1. The van der Waals surface area contributed by atoms with Crippen molar-refractivity contribution in [1.82, 2.24) is 29.3 Å². The second kappa shape index (κ2) is 12.7. The molecule has 7 aromatic rings. The van der Waals surface area contributed by atoms with Crippen LogP contribution in [-0.2, 0) is 11.8 Å². The van der Waals surface area contributed by atoms with E-state index in [1.807, 2.05) is 24.4 Å². The molecule has 2 N–H and O–H groups in total. The Bertz CT molecular complexity index is 2420. The van der Waals surface area contributed by atoms with E-state index in [2.05, 4.69) is 30.7 Å². The fraction of sp³-hybridized carbons (Fsp3) is 0.0571. The summed E-state index contributed by atoms with van der Waals surface area (Å²) in [4.78, 5) is 50.3. The number of nitrogens with one attached hydrogen (secondary N) is 2. The number of rotatable bonds is 8. The van der Waals surface area contributed by atoms with Gasteiger partial charge in [0.25, 0.3) is 11.5 Å². The normalized spacial score (nSPS) is 11.0. The maximum Gasteiger partial charge on any atom is 0.267 e. The topological polar surface area (TPSA) is 159 Å². The number of carbonyl (C=O) groups excluding carboxylic acids is 2. The van der Waals surface area contributed by atoms with Crippen LogP contribution in [0.15, 0.2) is 113 Å². The number of benzene rings is 2. The average Bonchev–Trinajstić information content (AvgIpc) is 3.70. The fourth-order valence-corrected chi connectivity index (χ4v) is 5.25. The molecule has 242 valence electrons. The molecule has 14 heteroatoms. The third-order valence-electron chi connectivity index (χ3n) is 7.40. The minimum atomic E-state index is -0.685. The number of amides is 2. The summed E-state index contributed by atoms with van der Waals surface area (Å²) in [6.45, 7) is 1.43. The van der Waals surface area contributed by atoms with Crippen LogP contribution in [0.3, 0.4) is 0 Å². The van der Waals surface area contributed by atoms with Crippen molar-refractivity contribution in [2.75, 3.05) is 10.6 Å². The maximum atomic E-state index is 13.3. The van der Waals surface area contributed by atoms with Gasteiger partial charge in [0.05, 0.1) is 23.6 Å². The summed E-state index contributed by atoms with van der Waals surface area (Å²) in [5.41, 5.74) is 2.94. The Hall–Kier alpha value is -6.96. The Morgan fingerprint density at radius 1 is 0.898 bits per heavy atom. The van der Waals surface area contributed by atoms with Gasteiger partial charge in [0.2, 0.25) is 23.4 Å². The molecule has 0 aliphatic carbocycles. The molecule has 0 spiro atoms. The third kappa shape index (κ3) is 6.25. The molecule has 0 saturated carbocycles. The highest BCUT2D eigenvalue weighted by molar-refractivity contribution is 6.05. The van der Waals surface area contributed by atoms with Gasteiger partial charge in [-0.25, -0.2) is 15.0 Å². The van der Waals surface area contributed by atoms with E-state index in [0.29, 0.717) is 45.1 Å². The number of furan rings is 1. The van der Waals surface area contributed by atoms with Crippen LogP contribution in [0.1, 0.15) is 17.3 Å². The zero-order valence-electron chi connectivity index (χ0n) is 25.9. The molecule has 0 bridgehead atoms. The number of nitrogens with zero attached hydrogens (tertiary/aromatic N) is 6. The molecule has 7 rings (SSSR count). The Labute approximate surface area is 276 Å².